The Balaban J connectivity index is 2.22. The van der Waals surface area contributed by atoms with Gasteiger partial charge in [0.2, 0.25) is 0 Å². The predicted molar refractivity (Wildman–Crippen MR) is 88.8 cm³/mol. The highest BCUT2D eigenvalue weighted by Crippen LogP contribution is 2.27. The van der Waals surface area contributed by atoms with Crippen molar-refractivity contribution in [2.45, 2.75) is 24.8 Å². The van der Waals surface area contributed by atoms with E-state index in [9.17, 15) is 13.2 Å². The maximum atomic E-state index is 12.2. The fraction of sp³-hybridized carbons (Fsp3) is 0.312. The molecular weight excluding hydrogens is 330 g/mol. The molecule has 0 radical (unpaired) electrons. The fourth-order valence-corrected chi connectivity index (χ4v) is 2.96. The van der Waals surface area contributed by atoms with Crippen molar-refractivity contribution in [3.8, 4) is 5.75 Å². The van der Waals surface area contributed by atoms with Crippen molar-refractivity contribution >= 4 is 15.7 Å². The molecule has 0 aliphatic carbocycles. The third-order valence-corrected chi connectivity index (χ3v) is 4.60. The van der Waals surface area contributed by atoms with Crippen molar-refractivity contribution in [3.63, 3.8) is 0 Å². The van der Waals surface area contributed by atoms with E-state index in [0.29, 0.717) is 5.56 Å². The molecule has 1 N–H and O–H groups in total. The summed E-state index contributed by atoms with van der Waals surface area (Å²) < 4.78 is 28.6. The summed E-state index contributed by atoms with van der Waals surface area (Å²) in [4.78, 5) is 12.3. The first-order chi connectivity index (χ1) is 11.2. The number of sulfone groups is 1. The highest BCUT2D eigenvalue weighted by atomic mass is 32.2. The third-order valence-electron chi connectivity index (χ3n) is 3.47. The van der Waals surface area contributed by atoms with Crippen LogP contribution in [0.2, 0.25) is 0 Å². The number of nitrogens with zero attached hydrogens (tertiary/aromatic N) is 2. The van der Waals surface area contributed by atoms with Crippen molar-refractivity contribution in [3.05, 3.63) is 47.3 Å². The minimum absolute atomic E-state index is 0.108. The van der Waals surface area contributed by atoms with E-state index < -0.39 is 9.84 Å². The Morgan fingerprint density at radius 1 is 1.21 bits per heavy atom. The van der Waals surface area contributed by atoms with Crippen LogP contribution in [-0.4, -0.2) is 37.9 Å². The Hall–Kier alpha value is -2.48. The molecule has 0 fully saturated rings. The van der Waals surface area contributed by atoms with Crippen molar-refractivity contribution < 1.29 is 17.9 Å². The highest BCUT2D eigenvalue weighted by molar-refractivity contribution is 7.90. The maximum Gasteiger partial charge on any atom is 0.272 e. The second-order valence-electron chi connectivity index (χ2n) is 5.44. The summed E-state index contributed by atoms with van der Waals surface area (Å²) in [7, 11) is -1.99. The lowest BCUT2D eigenvalue weighted by atomic mass is 10.1. The lowest BCUT2D eigenvalue weighted by Gasteiger charge is -2.16. The number of carbonyl (C=O) groups is 1. The largest absolute Gasteiger partial charge is 0.495 e. The van der Waals surface area contributed by atoms with Gasteiger partial charge in [-0.3, -0.25) is 4.79 Å². The molecule has 24 heavy (non-hydrogen) atoms. The van der Waals surface area contributed by atoms with Crippen LogP contribution in [0.1, 0.15) is 34.7 Å². The van der Waals surface area contributed by atoms with Gasteiger partial charge in [0.1, 0.15) is 10.6 Å². The molecule has 1 atom stereocenters. The fourth-order valence-electron chi connectivity index (χ4n) is 2.13. The maximum absolute atomic E-state index is 12.2. The molecule has 1 amide bonds. The Morgan fingerprint density at radius 3 is 2.46 bits per heavy atom. The van der Waals surface area contributed by atoms with Crippen molar-refractivity contribution in [2.24, 2.45) is 0 Å². The van der Waals surface area contributed by atoms with Gasteiger partial charge in [-0.15, -0.1) is 5.10 Å². The van der Waals surface area contributed by atoms with Crippen molar-refractivity contribution in [2.75, 3.05) is 13.4 Å². The number of carbonyl (C=O) groups excluding carboxylic acids is 1. The minimum atomic E-state index is -3.39. The zero-order chi connectivity index (χ0) is 17.9. The van der Waals surface area contributed by atoms with Crippen LogP contribution >= 0.6 is 0 Å². The van der Waals surface area contributed by atoms with Crippen LogP contribution in [-0.2, 0) is 9.84 Å². The first kappa shape index (κ1) is 17.9. The summed E-state index contributed by atoms with van der Waals surface area (Å²) >= 11 is 0. The van der Waals surface area contributed by atoms with Gasteiger partial charge in [0.15, 0.2) is 15.5 Å². The number of aromatic nitrogens is 2. The molecule has 0 aliphatic heterocycles. The average Bonchev–Trinajstić information content (AvgIpc) is 2.53. The van der Waals surface area contributed by atoms with Crippen LogP contribution in [0, 0.1) is 6.92 Å². The van der Waals surface area contributed by atoms with Gasteiger partial charge in [-0.2, -0.15) is 5.10 Å². The van der Waals surface area contributed by atoms with E-state index >= 15 is 0 Å². The van der Waals surface area contributed by atoms with E-state index in [-0.39, 0.29) is 28.3 Å². The predicted octanol–water partition coefficient (Wildman–Crippen LogP) is 1.69. The number of ether oxygens (including phenoxy) is 1. The summed E-state index contributed by atoms with van der Waals surface area (Å²) in [6, 6.07) is 7.65. The normalized spacial score (nSPS) is 12.5. The van der Waals surface area contributed by atoms with Crippen LogP contribution in [0.15, 0.2) is 35.2 Å². The molecular formula is C16H19N3O4S. The second-order valence-corrected chi connectivity index (χ2v) is 7.42. The summed E-state index contributed by atoms with van der Waals surface area (Å²) in [6.45, 7) is 3.57. The van der Waals surface area contributed by atoms with Gasteiger partial charge in [-0.25, -0.2) is 8.42 Å². The summed E-state index contributed by atoms with van der Waals surface area (Å²) in [5.41, 5.74) is 1.65. The van der Waals surface area contributed by atoms with E-state index in [4.69, 9.17) is 4.74 Å². The number of benzene rings is 1. The van der Waals surface area contributed by atoms with Gasteiger partial charge < -0.3 is 10.1 Å². The molecule has 0 saturated carbocycles. The lowest BCUT2D eigenvalue weighted by molar-refractivity contribution is 0.0933. The van der Waals surface area contributed by atoms with Gasteiger partial charge >= 0.3 is 0 Å². The topological polar surface area (TPSA) is 98.2 Å². The van der Waals surface area contributed by atoms with Crippen LogP contribution in [0.4, 0.5) is 0 Å². The van der Waals surface area contributed by atoms with Gasteiger partial charge in [0.25, 0.3) is 5.91 Å². The molecule has 0 aliphatic rings. The first-order valence-electron chi connectivity index (χ1n) is 7.21. The number of methoxy groups -OCH3 is 1. The smallest absolute Gasteiger partial charge is 0.272 e. The lowest BCUT2D eigenvalue weighted by Crippen LogP contribution is -2.27. The molecule has 0 spiro atoms. The Labute approximate surface area is 141 Å². The van der Waals surface area contributed by atoms with Gasteiger partial charge in [-0.1, -0.05) is 6.07 Å². The zero-order valence-corrected chi connectivity index (χ0v) is 14.7. The summed E-state index contributed by atoms with van der Waals surface area (Å²) in [6.07, 6.45) is 1.12. The van der Waals surface area contributed by atoms with E-state index in [1.54, 1.807) is 38.1 Å². The Kier molecular flexibility index (Phi) is 5.18. The first-order valence-corrected chi connectivity index (χ1v) is 9.10. The standard InChI is InChI=1S/C16H19N3O4S/c1-10-5-7-13(19-18-10)16(20)17-11(2)12-6-8-15(24(4,21)22)14(9-12)23-3/h5-9,11H,1-4H3,(H,17,20). The van der Waals surface area contributed by atoms with Gasteiger partial charge in [0.05, 0.1) is 18.8 Å². The molecule has 2 aromatic rings. The van der Waals surface area contributed by atoms with Gasteiger partial charge in [-0.05, 0) is 43.7 Å². The van der Waals surface area contributed by atoms with E-state index in [2.05, 4.69) is 15.5 Å². The quantitative estimate of drug-likeness (QED) is 0.882. The Bertz CT molecular complexity index is 848. The number of hydrogen-bond donors (Lipinski definition) is 1. The van der Waals surface area contributed by atoms with Crippen LogP contribution in [0.3, 0.4) is 0 Å². The molecule has 0 saturated heterocycles. The molecule has 0 bridgehead atoms. The SMILES string of the molecule is COc1cc(C(C)NC(=O)c2ccc(C)nn2)ccc1S(C)(=O)=O. The zero-order valence-electron chi connectivity index (χ0n) is 13.9. The molecule has 1 aromatic carbocycles. The molecule has 128 valence electrons. The van der Waals surface area contributed by atoms with Crippen molar-refractivity contribution in [1.29, 1.82) is 0 Å². The third kappa shape index (κ3) is 4.08. The van der Waals surface area contributed by atoms with E-state index in [0.717, 1.165) is 11.9 Å². The number of nitrogens with one attached hydrogen (secondary N) is 1. The Morgan fingerprint density at radius 2 is 1.92 bits per heavy atom. The summed E-state index contributed by atoms with van der Waals surface area (Å²) in [5, 5.41) is 10.5. The number of hydrogen-bond acceptors (Lipinski definition) is 6. The monoisotopic (exact) mass is 349 g/mol. The average molecular weight is 349 g/mol. The molecule has 1 unspecified atom stereocenters. The summed E-state index contributed by atoms with van der Waals surface area (Å²) in [5.74, 6) is -0.118. The van der Waals surface area contributed by atoms with Crippen LogP contribution < -0.4 is 10.1 Å². The number of aryl methyl sites for hydroxylation is 1. The van der Waals surface area contributed by atoms with E-state index in [1.165, 1.54) is 13.2 Å². The van der Waals surface area contributed by atoms with Crippen molar-refractivity contribution in [1.82, 2.24) is 15.5 Å². The molecule has 7 nitrogen and oxygen atoms in total. The number of amides is 1. The second kappa shape index (κ2) is 6.96. The molecule has 8 heteroatoms. The molecule has 1 heterocycles. The molecule has 1 aromatic heterocycles. The van der Waals surface area contributed by atoms with E-state index in [1.807, 2.05) is 0 Å². The minimum Gasteiger partial charge on any atom is -0.495 e. The highest BCUT2D eigenvalue weighted by Gasteiger charge is 2.18. The van der Waals surface area contributed by atoms with Gasteiger partial charge in [0, 0.05) is 6.26 Å². The van der Waals surface area contributed by atoms with Crippen LogP contribution in [0.25, 0.3) is 0 Å². The molecule has 2 rings (SSSR count). The number of rotatable bonds is 5. The van der Waals surface area contributed by atoms with Crippen LogP contribution in [0.5, 0.6) is 5.75 Å².